The summed E-state index contributed by atoms with van der Waals surface area (Å²) in [5.74, 6) is 2.13. The Labute approximate surface area is 123 Å². The third-order valence-corrected chi connectivity index (χ3v) is 4.64. The van der Waals surface area contributed by atoms with Gasteiger partial charge in [-0.15, -0.1) is 0 Å². The molecule has 1 fully saturated rings. The number of ether oxygens (including phenoxy) is 2. The number of fused-ring (bicyclic) bond motifs is 2. The van der Waals surface area contributed by atoms with Crippen LogP contribution in [0, 0.1) is 0 Å². The standard InChI is InChI=1S/C16H19N3O2/c1-20-12-4-3-11(9-13(12)21-2)15-16-14(17-18-15)10-5-7-19(16)8-6-10/h3-4,9-10H,5-8H2,1-2H3,(H,17,18). The molecule has 2 aromatic rings. The summed E-state index contributed by atoms with van der Waals surface area (Å²) in [4.78, 5) is 2.45. The zero-order valence-corrected chi connectivity index (χ0v) is 12.3. The fourth-order valence-electron chi connectivity index (χ4n) is 3.53. The molecule has 1 aromatic carbocycles. The largest absolute Gasteiger partial charge is 0.493 e. The molecule has 0 radical (unpaired) electrons. The molecule has 0 unspecified atom stereocenters. The van der Waals surface area contributed by atoms with E-state index in [0.717, 1.165) is 35.8 Å². The van der Waals surface area contributed by atoms with Crippen molar-refractivity contribution in [3.8, 4) is 22.8 Å². The van der Waals surface area contributed by atoms with Crippen LogP contribution in [0.25, 0.3) is 11.3 Å². The number of anilines is 1. The van der Waals surface area contributed by atoms with Crippen molar-refractivity contribution >= 4 is 5.69 Å². The molecular formula is C16H19N3O2. The fraction of sp³-hybridized carbons (Fsp3) is 0.438. The molecule has 0 amide bonds. The van der Waals surface area contributed by atoms with Crippen LogP contribution in [0.4, 0.5) is 5.69 Å². The quantitative estimate of drug-likeness (QED) is 0.942. The van der Waals surface area contributed by atoms with Gasteiger partial charge in [-0.1, -0.05) is 0 Å². The third kappa shape index (κ3) is 1.80. The Bertz CT molecular complexity index is 672. The van der Waals surface area contributed by atoms with E-state index < -0.39 is 0 Å². The molecule has 1 aromatic heterocycles. The van der Waals surface area contributed by atoms with Gasteiger partial charge in [0.1, 0.15) is 5.69 Å². The maximum Gasteiger partial charge on any atom is 0.161 e. The lowest BCUT2D eigenvalue weighted by Gasteiger charge is -2.40. The van der Waals surface area contributed by atoms with Gasteiger partial charge in [0.25, 0.3) is 0 Å². The predicted octanol–water partition coefficient (Wildman–Crippen LogP) is 2.79. The van der Waals surface area contributed by atoms with Gasteiger partial charge < -0.3 is 14.4 Å². The first-order valence-electron chi connectivity index (χ1n) is 7.37. The van der Waals surface area contributed by atoms with Crippen LogP contribution in [0.15, 0.2) is 18.2 Å². The van der Waals surface area contributed by atoms with Crippen LogP contribution in [0.2, 0.25) is 0 Å². The number of hydrogen-bond acceptors (Lipinski definition) is 4. The van der Waals surface area contributed by atoms with Gasteiger partial charge in [0, 0.05) is 24.6 Å². The highest BCUT2D eigenvalue weighted by molar-refractivity contribution is 5.80. The van der Waals surface area contributed by atoms with E-state index in [0.29, 0.717) is 5.92 Å². The summed E-state index contributed by atoms with van der Waals surface area (Å²) in [6.07, 6.45) is 2.47. The smallest absolute Gasteiger partial charge is 0.161 e. The summed E-state index contributed by atoms with van der Waals surface area (Å²) in [7, 11) is 3.31. The second kappa shape index (κ2) is 4.69. The highest BCUT2D eigenvalue weighted by Crippen LogP contribution is 2.46. The fourth-order valence-corrected chi connectivity index (χ4v) is 3.53. The molecule has 5 rings (SSSR count). The zero-order chi connectivity index (χ0) is 14.4. The molecule has 5 nitrogen and oxygen atoms in total. The second-order valence-electron chi connectivity index (χ2n) is 5.67. The van der Waals surface area contributed by atoms with Gasteiger partial charge in [0.05, 0.1) is 25.6 Å². The summed E-state index contributed by atoms with van der Waals surface area (Å²) < 4.78 is 10.7. The summed E-state index contributed by atoms with van der Waals surface area (Å²) >= 11 is 0. The molecule has 2 bridgehead atoms. The number of nitrogens with one attached hydrogen (secondary N) is 1. The first-order chi connectivity index (χ1) is 10.3. The maximum absolute atomic E-state index is 5.40. The SMILES string of the molecule is COc1ccc(-c2n[nH]c3c2N2CCC3CC2)cc1OC. The minimum absolute atomic E-state index is 0.645. The van der Waals surface area contributed by atoms with E-state index in [1.807, 2.05) is 18.2 Å². The Balaban J connectivity index is 1.82. The van der Waals surface area contributed by atoms with E-state index in [1.54, 1.807) is 14.2 Å². The normalized spacial score (nSPS) is 17.0. The Kier molecular flexibility index (Phi) is 2.80. The molecule has 3 aliphatic heterocycles. The number of aromatic amines is 1. The monoisotopic (exact) mass is 285 g/mol. The number of rotatable bonds is 3. The average molecular weight is 285 g/mol. The van der Waals surface area contributed by atoms with Gasteiger partial charge in [0.15, 0.2) is 11.5 Å². The predicted molar refractivity (Wildman–Crippen MR) is 81.3 cm³/mol. The van der Waals surface area contributed by atoms with Crippen molar-refractivity contribution in [2.24, 2.45) is 0 Å². The minimum atomic E-state index is 0.645. The summed E-state index contributed by atoms with van der Waals surface area (Å²) in [6, 6.07) is 5.98. The Hall–Kier alpha value is -2.17. The van der Waals surface area contributed by atoms with E-state index >= 15 is 0 Å². The first kappa shape index (κ1) is 12.6. The van der Waals surface area contributed by atoms with Crippen LogP contribution in [-0.4, -0.2) is 37.5 Å². The van der Waals surface area contributed by atoms with Crippen molar-refractivity contribution in [3.05, 3.63) is 23.9 Å². The van der Waals surface area contributed by atoms with E-state index in [2.05, 4.69) is 15.1 Å². The Morgan fingerprint density at radius 1 is 1.14 bits per heavy atom. The van der Waals surface area contributed by atoms with Gasteiger partial charge in [-0.3, -0.25) is 5.10 Å². The van der Waals surface area contributed by atoms with Gasteiger partial charge in [0.2, 0.25) is 0 Å². The van der Waals surface area contributed by atoms with Gasteiger partial charge in [-0.25, -0.2) is 0 Å². The van der Waals surface area contributed by atoms with E-state index in [-0.39, 0.29) is 0 Å². The van der Waals surface area contributed by atoms with Crippen LogP contribution in [0.5, 0.6) is 11.5 Å². The molecule has 0 saturated carbocycles. The molecule has 0 atom stereocenters. The molecule has 1 saturated heterocycles. The lowest BCUT2D eigenvalue weighted by Crippen LogP contribution is -2.38. The van der Waals surface area contributed by atoms with Crippen molar-refractivity contribution in [3.63, 3.8) is 0 Å². The number of benzene rings is 1. The lowest BCUT2D eigenvalue weighted by molar-refractivity contribution is 0.355. The first-order valence-corrected chi connectivity index (χ1v) is 7.37. The summed E-state index contributed by atoms with van der Waals surface area (Å²) in [5.41, 5.74) is 4.68. The van der Waals surface area contributed by atoms with Crippen LogP contribution in [0.1, 0.15) is 24.5 Å². The van der Waals surface area contributed by atoms with E-state index in [9.17, 15) is 0 Å². The number of H-pyrrole nitrogens is 1. The zero-order valence-electron chi connectivity index (χ0n) is 12.3. The summed E-state index contributed by atoms with van der Waals surface area (Å²) in [6.45, 7) is 2.27. The van der Waals surface area contributed by atoms with E-state index in [1.165, 1.54) is 24.2 Å². The molecule has 0 spiro atoms. The lowest BCUT2D eigenvalue weighted by atomic mass is 9.86. The van der Waals surface area contributed by atoms with Gasteiger partial charge in [-0.05, 0) is 31.0 Å². The minimum Gasteiger partial charge on any atom is -0.493 e. The number of methoxy groups -OCH3 is 2. The van der Waals surface area contributed by atoms with Crippen molar-refractivity contribution in [1.82, 2.24) is 10.2 Å². The van der Waals surface area contributed by atoms with Crippen molar-refractivity contribution in [1.29, 1.82) is 0 Å². The average Bonchev–Trinajstić information content (AvgIpc) is 3.02. The Morgan fingerprint density at radius 2 is 1.90 bits per heavy atom. The second-order valence-corrected chi connectivity index (χ2v) is 5.67. The van der Waals surface area contributed by atoms with Crippen molar-refractivity contribution in [2.45, 2.75) is 18.8 Å². The number of piperidine rings is 1. The third-order valence-electron chi connectivity index (χ3n) is 4.64. The molecular weight excluding hydrogens is 266 g/mol. The molecule has 1 N–H and O–H groups in total. The van der Waals surface area contributed by atoms with E-state index in [4.69, 9.17) is 9.47 Å². The molecule has 3 aliphatic rings. The topological polar surface area (TPSA) is 50.4 Å². The highest BCUT2D eigenvalue weighted by atomic mass is 16.5. The maximum atomic E-state index is 5.40. The Morgan fingerprint density at radius 3 is 2.62 bits per heavy atom. The van der Waals surface area contributed by atoms with Crippen LogP contribution >= 0.6 is 0 Å². The number of hydrogen-bond donors (Lipinski definition) is 1. The van der Waals surface area contributed by atoms with Crippen molar-refractivity contribution in [2.75, 3.05) is 32.2 Å². The summed E-state index contributed by atoms with van der Waals surface area (Å²) in [5, 5.41) is 7.84. The molecule has 110 valence electrons. The van der Waals surface area contributed by atoms with Crippen LogP contribution < -0.4 is 14.4 Å². The van der Waals surface area contributed by atoms with Crippen molar-refractivity contribution < 1.29 is 9.47 Å². The van der Waals surface area contributed by atoms with Crippen LogP contribution in [0.3, 0.4) is 0 Å². The molecule has 4 heterocycles. The molecule has 0 aliphatic carbocycles. The van der Waals surface area contributed by atoms with Gasteiger partial charge >= 0.3 is 0 Å². The molecule has 21 heavy (non-hydrogen) atoms. The number of nitrogens with zero attached hydrogens (tertiary/aromatic N) is 2. The van der Waals surface area contributed by atoms with Gasteiger partial charge in [-0.2, -0.15) is 5.10 Å². The number of aromatic nitrogens is 2. The van der Waals surface area contributed by atoms with Crippen LogP contribution in [-0.2, 0) is 0 Å². The molecule has 5 heteroatoms. The highest BCUT2D eigenvalue weighted by Gasteiger charge is 2.35.